The highest BCUT2D eigenvalue weighted by atomic mass is 16.4. The van der Waals surface area contributed by atoms with Crippen molar-refractivity contribution in [2.75, 3.05) is 0 Å². The largest absolute Gasteiger partial charge is 0.480 e. The molecule has 0 radical (unpaired) electrons. The third-order valence-corrected chi connectivity index (χ3v) is 4.28. The van der Waals surface area contributed by atoms with Crippen LogP contribution >= 0.6 is 0 Å². The number of nitrogens with two attached hydrogens (primary N) is 1. The fourth-order valence-corrected chi connectivity index (χ4v) is 2.90. The summed E-state index contributed by atoms with van der Waals surface area (Å²) in [6.45, 7) is 0. The number of aliphatic carboxylic acids is 2. The van der Waals surface area contributed by atoms with Crippen LogP contribution in [-0.2, 0) is 9.59 Å². The maximum Gasteiger partial charge on any atom is 0.331 e. The van der Waals surface area contributed by atoms with E-state index in [2.05, 4.69) is 24.3 Å². The van der Waals surface area contributed by atoms with Crippen LogP contribution in [-0.4, -0.2) is 28.2 Å². The third kappa shape index (κ3) is 5.57. The van der Waals surface area contributed by atoms with E-state index < -0.39 is 18.0 Å². The molecule has 0 saturated heterocycles. The van der Waals surface area contributed by atoms with E-state index in [0.717, 1.165) is 11.1 Å². The number of carboxylic acids is 2. The van der Waals surface area contributed by atoms with Crippen molar-refractivity contribution < 1.29 is 19.8 Å². The summed E-state index contributed by atoms with van der Waals surface area (Å²) < 4.78 is 0. The molecule has 0 spiro atoms. The van der Waals surface area contributed by atoms with Crippen molar-refractivity contribution >= 4 is 11.9 Å². The lowest BCUT2D eigenvalue weighted by Crippen LogP contribution is -2.31. The topological polar surface area (TPSA) is 101 Å². The summed E-state index contributed by atoms with van der Waals surface area (Å²) in [5, 5.41) is 18.2. The maximum atomic E-state index is 11.4. The molecule has 2 aromatic rings. The van der Waals surface area contributed by atoms with Gasteiger partial charge in [0.15, 0.2) is 0 Å². The fraction of sp³-hybridized carbons (Fsp3) is 0.238. The number of hydrogen-bond acceptors (Lipinski definition) is 3. The standard InChI is InChI=1S/C21H23NO4/c22-19(21(25)26)14-17(20(23)24)12-7-13-18(15-8-3-1-4-9-15)16-10-5-2-6-11-16/h1-6,8-12,18-19H,7,13-14,22H2,(H,23,24)(H,25,26)/b17-12+. The van der Waals surface area contributed by atoms with Gasteiger partial charge in [0.05, 0.1) is 0 Å². The smallest absolute Gasteiger partial charge is 0.331 e. The lowest BCUT2D eigenvalue weighted by molar-refractivity contribution is -0.138. The average Bonchev–Trinajstić information content (AvgIpc) is 2.65. The van der Waals surface area contributed by atoms with Crippen LogP contribution in [0.25, 0.3) is 0 Å². The van der Waals surface area contributed by atoms with E-state index in [-0.39, 0.29) is 17.9 Å². The molecule has 136 valence electrons. The molecule has 0 fully saturated rings. The van der Waals surface area contributed by atoms with Crippen molar-refractivity contribution in [3.8, 4) is 0 Å². The average molecular weight is 353 g/mol. The molecule has 0 bridgehead atoms. The van der Waals surface area contributed by atoms with E-state index in [0.29, 0.717) is 12.8 Å². The van der Waals surface area contributed by atoms with E-state index >= 15 is 0 Å². The van der Waals surface area contributed by atoms with Gasteiger partial charge in [-0.15, -0.1) is 0 Å². The zero-order valence-electron chi connectivity index (χ0n) is 14.4. The Morgan fingerprint density at radius 3 is 1.85 bits per heavy atom. The Labute approximate surface area is 152 Å². The van der Waals surface area contributed by atoms with Crippen molar-refractivity contribution in [3.05, 3.63) is 83.4 Å². The molecule has 1 unspecified atom stereocenters. The van der Waals surface area contributed by atoms with E-state index in [1.807, 2.05) is 36.4 Å². The molecular weight excluding hydrogens is 330 g/mol. The highest BCUT2D eigenvalue weighted by Crippen LogP contribution is 2.29. The minimum atomic E-state index is -1.21. The van der Waals surface area contributed by atoms with Crippen LogP contribution in [0.1, 0.15) is 36.3 Å². The van der Waals surface area contributed by atoms with E-state index in [1.54, 1.807) is 6.08 Å². The summed E-state index contributed by atoms with van der Waals surface area (Å²) in [4.78, 5) is 22.2. The molecule has 0 amide bonds. The molecule has 5 heteroatoms. The first kappa shape index (κ1) is 19.4. The highest BCUT2D eigenvalue weighted by Gasteiger charge is 2.18. The van der Waals surface area contributed by atoms with Crippen molar-refractivity contribution in [3.63, 3.8) is 0 Å². The van der Waals surface area contributed by atoms with Gasteiger partial charge in [0.2, 0.25) is 0 Å². The first-order valence-electron chi connectivity index (χ1n) is 8.49. The number of benzene rings is 2. The molecular formula is C21H23NO4. The first-order valence-corrected chi connectivity index (χ1v) is 8.49. The molecule has 5 nitrogen and oxygen atoms in total. The third-order valence-electron chi connectivity index (χ3n) is 4.28. The highest BCUT2D eigenvalue weighted by molar-refractivity contribution is 5.88. The zero-order chi connectivity index (χ0) is 18.9. The second kappa shape index (κ2) is 9.53. The van der Waals surface area contributed by atoms with Gasteiger partial charge in [0, 0.05) is 17.9 Å². The summed E-state index contributed by atoms with van der Waals surface area (Å²) >= 11 is 0. The van der Waals surface area contributed by atoms with Crippen LogP contribution < -0.4 is 5.73 Å². The minimum absolute atomic E-state index is 0.0415. The van der Waals surface area contributed by atoms with Gasteiger partial charge in [-0.2, -0.15) is 0 Å². The Balaban J connectivity index is 2.15. The Morgan fingerprint density at radius 1 is 0.923 bits per heavy atom. The molecule has 0 aromatic heterocycles. The molecule has 1 atom stereocenters. The predicted octanol–water partition coefficient (Wildman–Crippen LogP) is 3.41. The normalized spacial score (nSPS) is 12.8. The molecule has 2 rings (SSSR count). The minimum Gasteiger partial charge on any atom is -0.480 e. The molecule has 0 saturated carbocycles. The number of rotatable bonds is 9. The van der Waals surface area contributed by atoms with Gasteiger partial charge in [0.25, 0.3) is 0 Å². The number of allylic oxidation sites excluding steroid dienone is 1. The number of carbonyl (C=O) groups is 2. The summed E-state index contributed by atoms with van der Waals surface area (Å²) in [5.74, 6) is -2.20. The maximum absolute atomic E-state index is 11.4. The molecule has 4 N–H and O–H groups in total. The number of carboxylic acid groups (broad SMARTS) is 2. The van der Waals surface area contributed by atoms with Gasteiger partial charge in [-0.1, -0.05) is 66.7 Å². The lowest BCUT2D eigenvalue weighted by atomic mass is 9.87. The second-order valence-electron chi connectivity index (χ2n) is 6.13. The molecule has 0 aliphatic heterocycles. The molecule has 2 aromatic carbocycles. The van der Waals surface area contributed by atoms with Crippen LogP contribution in [0, 0.1) is 0 Å². The van der Waals surface area contributed by atoms with Crippen LogP contribution in [0.4, 0.5) is 0 Å². The van der Waals surface area contributed by atoms with Gasteiger partial charge in [-0.3, -0.25) is 4.79 Å². The van der Waals surface area contributed by atoms with Crippen molar-refractivity contribution in [1.82, 2.24) is 0 Å². The van der Waals surface area contributed by atoms with Crippen molar-refractivity contribution in [1.29, 1.82) is 0 Å². The first-order chi connectivity index (χ1) is 12.5. The Bertz CT molecular complexity index is 717. The van der Waals surface area contributed by atoms with Gasteiger partial charge in [0.1, 0.15) is 6.04 Å². The van der Waals surface area contributed by atoms with E-state index in [4.69, 9.17) is 10.8 Å². The van der Waals surface area contributed by atoms with Gasteiger partial charge in [-0.05, 0) is 24.0 Å². The van der Waals surface area contributed by atoms with E-state index in [9.17, 15) is 14.7 Å². The molecule has 0 heterocycles. The monoisotopic (exact) mass is 353 g/mol. The van der Waals surface area contributed by atoms with Gasteiger partial charge in [-0.25, -0.2) is 4.79 Å². The van der Waals surface area contributed by atoms with Crippen molar-refractivity contribution in [2.45, 2.75) is 31.2 Å². The SMILES string of the molecule is NC(C/C(=C\CCC(c1ccccc1)c1ccccc1)C(=O)O)C(=O)O. The molecule has 0 aliphatic rings. The summed E-state index contributed by atoms with van der Waals surface area (Å²) in [6, 6.07) is 18.9. The van der Waals surface area contributed by atoms with Crippen LogP contribution in [0.5, 0.6) is 0 Å². The van der Waals surface area contributed by atoms with Gasteiger partial charge < -0.3 is 15.9 Å². The lowest BCUT2D eigenvalue weighted by Gasteiger charge is -2.17. The quantitative estimate of drug-likeness (QED) is 0.600. The van der Waals surface area contributed by atoms with E-state index in [1.165, 1.54) is 0 Å². The van der Waals surface area contributed by atoms with Crippen LogP contribution in [0.3, 0.4) is 0 Å². The van der Waals surface area contributed by atoms with Crippen LogP contribution in [0.15, 0.2) is 72.3 Å². The molecule has 0 aliphatic carbocycles. The van der Waals surface area contributed by atoms with Crippen LogP contribution in [0.2, 0.25) is 0 Å². The summed E-state index contributed by atoms with van der Waals surface area (Å²) in [5.41, 5.74) is 7.82. The second-order valence-corrected chi connectivity index (χ2v) is 6.13. The predicted molar refractivity (Wildman–Crippen MR) is 99.9 cm³/mol. The fourth-order valence-electron chi connectivity index (χ4n) is 2.90. The Hall–Kier alpha value is -2.92. The Morgan fingerprint density at radius 2 is 1.42 bits per heavy atom. The summed E-state index contributed by atoms with van der Waals surface area (Å²) in [7, 11) is 0. The Kier molecular flexibility index (Phi) is 7.12. The summed E-state index contributed by atoms with van der Waals surface area (Å²) in [6.07, 6.45) is 2.63. The van der Waals surface area contributed by atoms with Crippen molar-refractivity contribution in [2.24, 2.45) is 5.73 Å². The zero-order valence-corrected chi connectivity index (χ0v) is 14.4. The molecule has 26 heavy (non-hydrogen) atoms. The van der Waals surface area contributed by atoms with Gasteiger partial charge >= 0.3 is 11.9 Å². The number of hydrogen-bond donors (Lipinski definition) is 3.